The van der Waals surface area contributed by atoms with Crippen LogP contribution in [0.2, 0.25) is 0 Å². The molecule has 1 aliphatic heterocycles. The fourth-order valence-corrected chi connectivity index (χ4v) is 4.51. The van der Waals surface area contributed by atoms with Crippen LogP contribution in [0.25, 0.3) is 0 Å². The Hall–Kier alpha value is -2.54. The Morgan fingerprint density at radius 3 is 2.57 bits per heavy atom. The van der Waals surface area contributed by atoms with Gasteiger partial charge in [0, 0.05) is 6.54 Å². The number of anilines is 2. The fourth-order valence-electron chi connectivity index (χ4n) is 3.21. The Kier molecular flexibility index (Phi) is 5.39. The van der Waals surface area contributed by atoms with Crippen LogP contribution < -0.4 is 14.4 Å². The van der Waals surface area contributed by atoms with Crippen molar-refractivity contribution in [2.45, 2.75) is 33.4 Å². The highest BCUT2D eigenvalue weighted by Gasteiger charge is 2.37. The van der Waals surface area contributed by atoms with Crippen LogP contribution in [-0.4, -0.2) is 27.5 Å². The zero-order valence-electron chi connectivity index (χ0n) is 16.7. The number of nitrogens with one attached hydrogen (secondary N) is 1. The minimum absolute atomic E-state index is 0.0475. The maximum absolute atomic E-state index is 12.8. The molecule has 0 fully saturated rings. The summed E-state index contributed by atoms with van der Waals surface area (Å²) in [6.07, 6.45) is 0. The number of aryl methyl sites for hydroxylation is 1. The highest BCUT2D eigenvalue weighted by atomic mass is 32.2. The third-order valence-corrected chi connectivity index (χ3v) is 6.10. The average molecular weight is 403 g/mol. The fraction of sp³-hybridized carbons (Fsp3) is 0.381. The molecule has 2 aromatic carbocycles. The van der Waals surface area contributed by atoms with E-state index in [9.17, 15) is 13.2 Å². The van der Waals surface area contributed by atoms with Crippen molar-refractivity contribution in [3.63, 3.8) is 0 Å². The number of hydrogen-bond acceptors (Lipinski definition) is 4. The summed E-state index contributed by atoms with van der Waals surface area (Å²) in [5.41, 5.74) is 2.00. The quantitative estimate of drug-likeness (QED) is 0.827. The van der Waals surface area contributed by atoms with E-state index in [1.165, 1.54) is 0 Å². The predicted molar refractivity (Wildman–Crippen MR) is 111 cm³/mol. The van der Waals surface area contributed by atoms with Gasteiger partial charge in [0.1, 0.15) is 12.4 Å². The number of carbonyl (C=O) groups excluding carboxylic acids is 1. The molecule has 0 unspecified atom stereocenters. The zero-order valence-corrected chi connectivity index (χ0v) is 17.5. The van der Waals surface area contributed by atoms with Crippen LogP contribution >= 0.6 is 0 Å². The van der Waals surface area contributed by atoms with Crippen LogP contribution in [0, 0.1) is 12.3 Å². The first-order chi connectivity index (χ1) is 13.1. The second-order valence-corrected chi connectivity index (χ2v) is 9.41. The molecule has 0 radical (unpaired) electrons. The number of amides is 1. The van der Waals surface area contributed by atoms with Crippen LogP contribution in [0.1, 0.15) is 31.9 Å². The van der Waals surface area contributed by atoms with Crippen LogP contribution in [-0.2, 0) is 20.6 Å². The molecule has 1 N–H and O–H groups in total. The molecule has 0 saturated carbocycles. The normalized spacial score (nSPS) is 16.1. The molecular formula is C21H26N2O4S. The molecule has 6 nitrogen and oxygen atoms in total. The van der Waals surface area contributed by atoms with Gasteiger partial charge in [0.2, 0.25) is 15.9 Å². The number of carbonyl (C=O) groups is 1. The van der Waals surface area contributed by atoms with Crippen molar-refractivity contribution >= 4 is 27.3 Å². The molecule has 0 aromatic heterocycles. The van der Waals surface area contributed by atoms with Gasteiger partial charge in [-0.05, 0) is 57.0 Å². The highest BCUT2D eigenvalue weighted by Crippen LogP contribution is 2.38. The van der Waals surface area contributed by atoms with E-state index in [1.807, 2.05) is 45.9 Å². The third kappa shape index (κ3) is 4.14. The first-order valence-electron chi connectivity index (χ1n) is 9.27. The molecule has 0 saturated heterocycles. The molecule has 1 amide bonds. The van der Waals surface area contributed by atoms with Gasteiger partial charge in [0.15, 0.2) is 0 Å². The molecule has 7 heteroatoms. The van der Waals surface area contributed by atoms with E-state index >= 15 is 0 Å². The zero-order chi connectivity index (χ0) is 20.5. The van der Waals surface area contributed by atoms with Crippen LogP contribution in [0.5, 0.6) is 5.75 Å². The summed E-state index contributed by atoms with van der Waals surface area (Å²) >= 11 is 0. The van der Waals surface area contributed by atoms with Crippen molar-refractivity contribution in [3.8, 4) is 5.75 Å². The van der Waals surface area contributed by atoms with Crippen molar-refractivity contribution in [2.24, 2.45) is 5.41 Å². The molecule has 0 aliphatic carbocycles. The third-order valence-electron chi connectivity index (χ3n) is 4.86. The molecule has 0 atom stereocenters. The topological polar surface area (TPSA) is 75.7 Å². The maximum Gasteiger partial charge on any atom is 0.236 e. The molecular weight excluding hydrogens is 376 g/mol. The predicted octanol–water partition coefficient (Wildman–Crippen LogP) is 3.71. The van der Waals surface area contributed by atoms with Gasteiger partial charge in [0.05, 0.1) is 22.5 Å². The molecule has 1 aliphatic rings. The lowest BCUT2D eigenvalue weighted by molar-refractivity contribution is -0.127. The minimum atomic E-state index is -3.60. The number of hydrogen-bond donors (Lipinski definition) is 1. The number of nitrogens with zero attached hydrogens (tertiary/aromatic N) is 1. The molecule has 150 valence electrons. The number of sulfonamides is 1. The van der Waals surface area contributed by atoms with Gasteiger partial charge in [-0.2, -0.15) is 0 Å². The Bertz CT molecular complexity index is 999. The van der Waals surface area contributed by atoms with E-state index in [0.29, 0.717) is 23.7 Å². The van der Waals surface area contributed by atoms with E-state index in [-0.39, 0.29) is 18.3 Å². The summed E-state index contributed by atoms with van der Waals surface area (Å²) in [6, 6.07) is 12.4. The molecule has 1 heterocycles. The number of fused-ring (bicyclic) bond motifs is 1. The second-order valence-electron chi connectivity index (χ2n) is 7.69. The number of rotatable bonds is 5. The van der Waals surface area contributed by atoms with E-state index in [0.717, 1.165) is 11.1 Å². The summed E-state index contributed by atoms with van der Waals surface area (Å²) in [4.78, 5) is 14.5. The second kappa shape index (κ2) is 7.47. The van der Waals surface area contributed by atoms with Crippen molar-refractivity contribution in [3.05, 3.63) is 53.6 Å². The SMILES string of the molecule is CCN1C(=O)C(C)(C)COc2ccc(NS(=O)(=O)Cc3ccccc3C)cc21. The lowest BCUT2D eigenvalue weighted by Gasteiger charge is -2.27. The lowest BCUT2D eigenvalue weighted by Crippen LogP contribution is -2.42. The van der Waals surface area contributed by atoms with Gasteiger partial charge < -0.3 is 9.64 Å². The average Bonchev–Trinajstić information content (AvgIpc) is 2.71. The summed E-state index contributed by atoms with van der Waals surface area (Å²) in [6.45, 7) is 8.20. The Morgan fingerprint density at radius 2 is 1.89 bits per heavy atom. The van der Waals surface area contributed by atoms with Gasteiger partial charge in [-0.1, -0.05) is 24.3 Å². The maximum atomic E-state index is 12.8. The van der Waals surface area contributed by atoms with Crippen molar-refractivity contribution < 1.29 is 17.9 Å². The van der Waals surface area contributed by atoms with Crippen molar-refractivity contribution in [1.29, 1.82) is 0 Å². The van der Waals surface area contributed by atoms with Crippen LogP contribution in [0.3, 0.4) is 0 Å². The van der Waals surface area contributed by atoms with E-state index in [1.54, 1.807) is 29.2 Å². The minimum Gasteiger partial charge on any atom is -0.490 e. The molecule has 0 spiro atoms. The van der Waals surface area contributed by atoms with Crippen LogP contribution in [0.15, 0.2) is 42.5 Å². The van der Waals surface area contributed by atoms with Gasteiger partial charge in [-0.25, -0.2) is 8.42 Å². The summed E-state index contributed by atoms with van der Waals surface area (Å²) in [7, 11) is -3.60. The van der Waals surface area contributed by atoms with Crippen LogP contribution in [0.4, 0.5) is 11.4 Å². The van der Waals surface area contributed by atoms with Gasteiger partial charge >= 0.3 is 0 Å². The highest BCUT2D eigenvalue weighted by molar-refractivity contribution is 7.91. The Morgan fingerprint density at radius 1 is 1.18 bits per heavy atom. The Balaban J connectivity index is 1.89. The lowest BCUT2D eigenvalue weighted by atomic mass is 9.93. The number of benzene rings is 2. The monoisotopic (exact) mass is 402 g/mol. The van der Waals surface area contributed by atoms with E-state index in [2.05, 4.69) is 4.72 Å². The molecule has 28 heavy (non-hydrogen) atoms. The van der Waals surface area contributed by atoms with E-state index < -0.39 is 15.4 Å². The smallest absolute Gasteiger partial charge is 0.236 e. The Labute approximate surface area is 166 Å². The van der Waals surface area contributed by atoms with Gasteiger partial charge in [-0.3, -0.25) is 9.52 Å². The molecule has 0 bridgehead atoms. The molecule has 2 aromatic rings. The largest absolute Gasteiger partial charge is 0.490 e. The van der Waals surface area contributed by atoms with E-state index in [4.69, 9.17) is 4.74 Å². The van der Waals surface area contributed by atoms with Crippen molar-refractivity contribution in [2.75, 3.05) is 22.8 Å². The summed E-state index contributed by atoms with van der Waals surface area (Å²) in [5, 5.41) is 0. The first-order valence-corrected chi connectivity index (χ1v) is 10.9. The van der Waals surface area contributed by atoms with Crippen molar-refractivity contribution in [1.82, 2.24) is 0 Å². The summed E-state index contributed by atoms with van der Waals surface area (Å²) < 4.78 is 33.8. The standard InChI is InChI=1S/C21H26N2O4S/c1-5-23-18-12-17(10-11-19(18)27-14-21(3,4)20(23)24)22-28(25,26)13-16-9-7-6-8-15(16)2/h6-12,22H,5,13-14H2,1-4H3. The first kappa shape index (κ1) is 20.2. The summed E-state index contributed by atoms with van der Waals surface area (Å²) in [5.74, 6) is 0.410. The van der Waals surface area contributed by atoms with Gasteiger partial charge in [-0.15, -0.1) is 0 Å². The molecule has 3 rings (SSSR count). The number of ether oxygens (including phenoxy) is 1. The van der Waals surface area contributed by atoms with Gasteiger partial charge in [0.25, 0.3) is 0 Å².